The molecule has 3 heteroatoms. The average Bonchev–Trinajstić information content (AvgIpc) is 2.58. The molecule has 0 aliphatic heterocycles. The lowest BCUT2D eigenvalue weighted by Crippen LogP contribution is -2.27. The minimum atomic E-state index is -0.0922. The van der Waals surface area contributed by atoms with E-state index in [9.17, 15) is 4.79 Å². The van der Waals surface area contributed by atoms with Gasteiger partial charge in [0.2, 0.25) is 5.91 Å². The molecule has 0 aromatic carbocycles. The second-order valence-corrected chi connectivity index (χ2v) is 7.24. The van der Waals surface area contributed by atoms with Crippen molar-refractivity contribution in [3.05, 3.63) is 0 Å². The topological polar surface area (TPSA) is 46.3 Å². The molecule has 0 heterocycles. The molecule has 1 atom stereocenters. The first-order valence-electron chi connectivity index (χ1n) is 10.7. The Morgan fingerprint density at radius 1 is 0.750 bits per heavy atom. The van der Waals surface area contributed by atoms with Gasteiger partial charge in [0.1, 0.15) is 0 Å². The summed E-state index contributed by atoms with van der Waals surface area (Å²) in [6.45, 7) is 9.93. The van der Waals surface area contributed by atoms with Gasteiger partial charge in [-0.1, -0.05) is 85.0 Å². The summed E-state index contributed by atoms with van der Waals surface area (Å²) in [5.74, 6) is 0.0000715. The van der Waals surface area contributed by atoms with Crippen molar-refractivity contribution in [2.45, 2.75) is 104 Å². The molecule has 0 fully saturated rings. The SMILES string of the molecule is CCCCCCCCCCCCC(CCCN(CC)CC)C(N)=O. The summed E-state index contributed by atoms with van der Waals surface area (Å²) in [5, 5.41) is 0. The maximum Gasteiger partial charge on any atom is 0.220 e. The summed E-state index contributed by atoms with van der Waals surface area (Å²) in [5.41, 5.74) is 5.59. The summed E-state index contributed by atoms with van der Waals surface area (Å²) >= 11 is 0. The summed E-state index contributed by atoms with van der Waals surface area (Å²) in [7, 11) is 0. The lowest BCUT2D eigenvalue weighted by atomic mass is 9.95. The van der Waals surface area contributed by atoms with Gasteiger partial charge in [0.05, 0.1) is 0 Å². The van der Waals surface area contributed by atoms with E-state index >= 15 is 0 Å². The normalized spacial score (nSPS) is 12.7. The summed E-state index contributed by atoms with van der Waals surface area (Å²) in [4.78, 5) is 14.0. The maximum absolute atomic E-state index is 11.6. The van der Waals surface area contributed by atoms with Gasteiger partial charge < -0.3 is 10.6 Å². The van der Waals surface area contributed by atoms with E-state index in [4.69, 9.17) is 5.73 Å². The van der Waals surface area contributed by atoms with Gasteiger partial charge >= 0.3 is 0 Å². The highest BCUT2D eigenvalue weighted by Gasteiger charge is 2.14. The molecule has 0 spiro atoms. The third kappa shape index (κ3) is 13.8. The van der Waals surface area contributed by atoms with Crippen LogP contribution in [-0.4, -0.2) is 30.4 Å². The molecule has 144 valence electrons. The van der Waals surface area contributed by atoms with Gasteiger partial charge in [-0.25, -0.2) is 0 Å². The molecule has 24 heavy (non-hydrogen) atoms. The van der Waals surface area contributed by atoms with Crippen molar-refractivity contribution in [3.63, 3.8) is 0 Å². The Bertz CT molecular complexity index is 277. The molecule has 1 unspecified atom stereocenters. The van der Waals surface area contributed by atoms with Gasteiger partial charge in [0.15, 0.2) is 0 Å². The summed E-state index contributed by atoms with van der Waals surface area (Å²) in [6.07, 6.45) is 16.5. The quantitative estimate of drug-likeness (QED) is 0.334. The molecule has 0 saturated carbocycles. The average molecular weight is 341 g/mol. The van der Waals surface area contributed by atoms with Crippen LogP contribution in [0.25, 0.3) is 0 Å². The lowest BCUT2D eigenvalue weighted by Gasteiger charge is -2.19. The molecular formula is C21H44N2O. The van der Waals surface area contributed by atoms with Crippen molar-refractivity contribution >= 4 is 5.91 Å². The Labute approximate surface area is 151 Å². The molecule has 2 N–H and O–H groups in total. The van der Waals surface area contributed by atoms with E-state index in [1.165, 1.54) is 57.8 Å². The van der Waals surface area contributed by atoms with Crippen molar-refractivity contribution < 1.29 is 4.79 Å². The van der Waals surface area contributed by atoms with Crippen molar-refractivity contribution in [1.29, 1.82) is 0 Å². The minimum Gasteiger partial charge on any atom is -0.369 e. The predicted molar refractivity (Wildman–Crippen MR) is 106 cm³/mol. The zero-order valence-electron chi connectivity index (χ0n) is 16.8. The van der Waals surface area contributed by atoms with Gasteiger partial charge in [0, 0.05) is 5.92 Å². The fourth-order valence-electron chi connectivity index (χ4n) is 3.41. The molecular weight excluding hydrogens is 296 g/mol. The van der Waals surface area contributed by atoms with E-state index in [0.29, 0.717) is 0 Å². The highest BCUT2D eigenvalue weighted by atomic mass is 16.1. The highest BCUT2D eigenvalue weighted by molar-refractivity contribution is 5.76. The fourth-order valence-corrected chi connectivity index (χ4v) is 3.41. The smallest absolute Gasteiger partial charge is 0.220 e. The second-order valence-electron chi connectivity index (χ2n) is 7.24. The van der Waals surface area contributed by atoms with E-state index < -0.39 is 0 Å². The van der Waals surface area contributed by atoms with Crippen LogP contribution in [0.3, 0.4) is 0 Å². The van der Waals surface area contributed by atoms with Crippen LogP contribution < -0.4 is 5.73 Å². The Morgan fingerprint density at radius 3 is 1.67 bits per heavy atom. The van der Waals surface area contributed by atoms with Crippen molar-refractivity contribution in [2.75, 3.05) is 19.6 Å². The Hall–Kier alpha value is -0.570. The predicted octanol–water partition coefficient (Wildman–Crippen LogP) is 5.52. The molecule has 0 aliphatic rings. The van der Waals surface area contributed by atoms with Gasteiger partial charge in [0.25, 0.3) is 0 Å². The van der Waals surface area contributed by atoms with Crippen LogP contribution in [0.15, 0.2) is 0 Å². The summed E-state index contributed by atoms with van der Waals surface area (Å²) < 4.78 is 0. The number of nitrogens with zero attached hydrogens (tertiary/aromatic N) is 1. The first-order valence-corrected chi connectivity index (χ1v) is 10.7. The maximum atomic E-state index is 11.6. The number of hydrogen-bond donors (Lipinski definition) is 1. The molecule has 3 nitrogen and oxygen atoms in total. The highest BCUT2D eigenvalue weighted by Crippen LogP contribution is 2.17. The Morgan fingerprint density at radius 2 is 1.21 bits per heavy atom. The number of hydrogen-bond acceptors (Lipinski definition) is 2. The number of carbonyl (C=O) groups excluding carboxylic acids is 1. The van der Waals surface area contributed by atoms with Gasteiger partial charge in [-0.3, -0.25) is 4.79 Å². The number of amides is 1. The van der Waals surface area contributed by atoms with E-state index in [2.05, 4.69) is 25.7 Å². The fraction of sp³-hybridized carbons (Fsp3) is 0.952. The number of primary amides is 1. The van der Waals surface area contributed by atoms with E-state index in [0.717, 1.165) is 45.3 Å². The molecule has 1 amide bonds. The van der Waals surface area contributed by atoms with Gasteiger partial charge in [-0.2, -0.15) is 0 Å². The molecule has 0 saturated heterocycles. The zero-order chi connectivity index (χ0) is 18.0. The zero-order valence-corrected chi connectivity index (χ0v) is 16.8. The van der Waals surface area contributed by atoms with Crippen molar-refractivity contribution in [3.8, 4) is 0 Å². The molecule has 0 aromatic heterocycles. The number of nitrogens with two attached hydrogens (primary N) is 1. The first-order chi connectivity index (χ1) is 11.7. The van der Waals surface area contributed by atoms with Crippen molar-refractivity contribution in [1.82, 2.24) is 4.90 Å². The molecule has 0 aliphatic carbocycles. The van der Waals surface area contributed by atoms with E-state index in [-0.39, 0.29) is 11.8 Å². The monoisotopic (exact) mass is 340 g/mol. The first kappa shape index (κ1) is 23.4. The third-order valence-corrected chi connectivity index (χ3v) is 5.23. The standard InChI is InChI=1S/C21H44N2O/c1-4-7-8-9-10-11-12-13-14-15-17-20(21(22)24)18-16-19-23(5-2)6-3/h20H,4-19H2,1-3H3,(H2,22,24). The van der Waals surface area contributed by atoms with E-state index in [1.807, 2.05) is 0 Å². The lowest BCUT2D eigenvalue weighted by molar-refractivity contribution is -0.122. The molecule has 0 aromatic rings. The number of unbranched alkanes of at least 4 members (excludes halogenated alkanes) is 9. The van der Waals surface area contributed by atoms with Gasteiger partial charge in [-0.15, -0.1) is 0 Å². The van der Waals surface area contributed by atoms with Gasteiger partial charge in [-0.05, 0) is 38.9 Å². The van der Waals surface area contributed by atoms with Crippen LogP contribution in [0, 0.1) is 5.92 Å². The minimum absolute atomic E-state index is 0.0922. The molecule has 0 radical (unpaired) electrons. The van der Waals surface area contributed by atoms with Crippen LogP contribution in [0.4, 0.5) is 0 Å². The van der Waals surface area contributed by atoms with Crippen LogP contribution >= 0.6 is 0 Å². The third-order valence-electron chi connectivity index (χ3n) is 5.23. The van der Waals surface area contributed by atoms with Crippen LogP contribution in [0.2, 0.25) is 0 Å². The largest absolute Gasteiger partial charge is 0.369 e. The van der Waals surface area contributed by atoms with Crippen molar-refractivity contribution in [2.24, 2.45) is 11.7 Å². The molecule has 0 bridgehead atoms. The number of carbonyl (C=O) groups is 1. The second kappa shape index (κ2) is 17.3. The van der Waals surface area contributed by atoms with E-state index in [1.54, 1.807) is 0 Å². The Kier molecular flexibility index (Phi) is 16.8. The van der Waals surface area contributed by atoms with Crippen LogP contribution in [0.1, 0.15) is 104 Å². The summed E-state index contributed by atoms with van der Waals surface area (Å²) in [6, 6.07) is 0. The molecule has 0 rings (SSSR count). The van der Waals surface area contributed by atoms with Crippen LogP contribution in [-0.2, 0) is 4.79 Å². The van der Waals surface area contributed by atoms with Crippen LogP contribution in [0.5, 0.6) is 0 Å². The Balaban J connectivity index is 3.59. The number of rotatable bonds is 18.